The molecule has 0 fully saturated rings. The molecule has 53 heavy (non-hydrogen) atoms. The number of allylic oxidation sites excluding steroid dienone is 2. The van der Waals surface area contributed by atoms with Gasteiger partial charge < -0.3 is 35.6 Å². The van der Waals surface area contributed by atoms with Crippen molar-refractivity contribution in [3.63, 3.8) is 0 Å². The van der Waals surface area contributed by atoms with Gasteiger partial charge in [0.2, 0.25) is 0 Å². The zero-order chi connectivity index (χ0) is 39.9. The number of nitro benzene ring substituents is 1. The summed E-state index contributed by atoms with van der Waals surface area (Å²) in [5.74, 6) is -4.76. The number of Topliss-reactive ketones (excluding diaryl/α,β-unsaturated/α-hetero) is 3. The van der Waals surface area contributed by atoms with E-state index in [0.717, 1.165) is 12.1 Å². The Morgan fingerprint density at radius 1 is 0.887 bits per heavy atom. The van der Waals surface area contributed by atoms with Crippen molar-refractivity contribution in [2.45, 2.75) is 59.8 Å². The van der Waals surface area contributed by atoms with Crippen molar-refractivity contribution < 1.29 is 54.4 Å². The van der Waals surface area contributed by atoms with Gasteiger partial charge in [-0.2, -0.15) is 0 Å². The number of carbonyl (C=O) groups excluding carboxylic acids is 4. The quantitative estimate of drug-likeness (QED) is 0.0443. The molecular weight excluding hydrogens is 735 g/mol. The summed E-state index contributed by atoms with van der Waals surface area (Å²) in [6, 6.07) is 8.81. The van der Waals surface area contributed by atoms with Crippen LogP contribution < -0.4 is 10.1 Å². The fraction of sp³-hybridized carbons (Fsp3) is 0.297. The summed E-state index contributed by atoms with van der Waals surface area (Å²) in [7, 11) is 1.29. The molecule has 0 spiro atoms. The number of hydrogen-bond acceptors (Lipinski definition) is 12. The van der Waals surface area contributed by atoms with E-state index in [9.17, 15) is 54.8 Å². The van der Waals surface area contributed by atoms with Crippen LogP contribution in [-0.2, 0) is 16.0 Å². The minimum Gasteiger partial charge on any atom is -0.511 e. The molecule has 0 atom stereocenters. The highest BCUT2D eigenvalue weighted by atomic mass is 35.5. The Morgan fingerprint density at radius 2 is 1.51 bits per heavy atom. The number of anilines is 1. The minimum absolute atomic E-state index is 0.000774. The third kappa shape index (κ3) is 9.07. The number of aromatic hydroxyl groups is 3. The SMILES string of the molecule is CCCC(=O)C1=C(O)C(C)(C)C(O)=C(Cc2c(OC)cc(O)c(C(=O)CCC)c2O)C1=O.O=C(Nc1ccc([N+](=O)[O-])cc1Cl)c1cc(Cl)ccc1O. The van der Waals surface area contributed by atoms with Crippen molar-refractivity contribution in [3.05, 3.63) is 102 Å². The summed E-state index contributed by atoms with van der Waals surface area (Å²) in [6.45, 7) is 6.47. The molecule has 6 N–H and O–H groups in total. The molecule has 282 valence electrons. The molecule has 0 heterocycles. The highest BCUT2D eigenvalue weighted by Crippen LogP contribution is 2.45. The van der Waals surface area contributed by atoms with Crippen molar-refractivity contribution >= 4 is 57.8 Å². The lowest BCUT2D eigenvalue weighted by molar-refractivity contribution is -0.384. The van der Waals surface area contributed by atoms with E-state index in [4.69, 9.17) is 27.9 Å². The van der Waals surface area contributed by atoms with Gasteiger partial charge in [-0.25, -0.2) is 0 Å². The number of ether oxygens (including phenoxy) is 1. The first-order valence-electron chi connectivity index (χ1n) is 16.1. The summed E-state index contributed by atoms with van der Waals surface area (Å²) in [5.41, 5.74) is -2.36. The van der Waals surface area contributed by atoms with E-state index >= 15 is 0 Å². The van der Waals surface area contributed by atoms with Crippen LogP contribution in [0.2, 0.25) is 10.0 Å². The average Bonchev–Trinajstić information content (AvgIpc) is 3.09. The summed E-state index contributed by atoms with van der Waals surface area (Å²) >= 11 is 11.6. The number of phenolic OH excluding ortho intramolecular Hbond substituents is 3. The van der Waals surface area contributed by atoms with Crippen molar-refractivity contribution in [2.75, 3.05) is 12.4 Å². The number of nitro groups is 1. The summed E-state index contributed by atoms with van der Waals surface area (Å²) in [5, 5.41) is 65.4. The standard InChI is InChI=1S/C24H30O8.C13H8Cl2N2O4/c1-6-8-14(25)18-16(27)11-17(32-5)12(20(18)28)10-13-21(29)19(15(26)9-7-2)23(31)24(3,4)22(13)30;14-7-1-4-12(18)9(5-7)13(19)16-11-3-2-8(17(20)21)6-10(11)15/h11,27-28,30-31H,6-10H2,1-5H3;1-6,18H,(H,16,19). The molecule has 1 aliphatic rings. The lowest BCUT2D eigenvalue weighted by Crippen LogP contribution is -2.33. The van der Waals surface area contributed by atoms with Gasteiger partial charge in [0, 0.05) is 53.6 Å². The number of aliphatic hydroxyl groups excluding tert-OH is 2. The molecule has 0 unspecified atom stereocenters. The maximum Gasteiger partial charge on any atom is 0.271 e. The van der Waals surface area contributed by atoms with E-state index in [1.54, 1.807) is 13.8 Å². The number of benzene rings is 3. The minimum atomic E-state index is -1.41. The number of carbonyl (C=O) groups is 4. The third-order valence-electron chi connectivity index (χ3n) is 8.25. The van der Waals surface area contributed by atoms with Crippen LogP contribution in [0.5, 0.6) is 23.0 Å². The second-order valence-corrected chi connectivity index (χ2v) is 13.2. The van der Waals surface area contributed by atoms with Crippen molar-refractivity contribution in [2.24, 2.45) is 5.41 Å². The third-order valence-corrected chi connectivity index (χ3v) is 8.80. The maximum absolute atomic E-state index is 13.2. The number of hydrogen-bond donors (Lipinski definition) is 6. The Hall–Kier alpha value is -5.60. The molecule has 4 rings (SSSR count). The molecule has 0 saturated heterocycles. The van der Waals surface area contributed by atoms with E-state index in [1.165, 1.54) is 51.3 Å². The second-order valence-electron chi connectivity index (χ2n) is 12.4. The Balaban J connectivity index is 0.000000311. The number of non-ortho nitro benzene ring substituents is 1. The second kappa shape index (κ2) is 17.3. The molecule has 0 aliphatic heterocycles. The number of ketones is 3. The molecule has 1 amide bonds. The lowest BCUT2D eigenvalue weighted by atomic mass is 9.74. The number of aliphatic hydroxyl groups is 2. The van der Waals surface area contributed by atoms with E-state index in [0.29, 0.717) is 12.8 Å². The number of amides is 1. The van der Waals surface area contributed by atoms with Crippen molar-refractivity contribution in [1.29, 1.82) is 0 Å². The zero-order valence-electron chi connectivity index (χ0n) is 29.4. The van der Waals surface area contributed by atoms with Crippen LogP contribution in [-0.4, -0.2) is 60.8 Å². The number of nitrogens with zero attached hydrogens (tertiary/aromatic N) is 1. The smallest absolute Gasteiger partial charge is 0.271 e. The summed E-state index contributed by atoms with van der Waals surface area (Å²) in [6.07, 6.45) is 0.693. The van der Waals surface area contributed by atoms with Crippen LogP contribution in [0.4, 0.5) is 11.4 Å². The molecule has 0 bridgehead atoms. The summed E-state index contributed by atoms with van der Waals surface area (Å²) < 4.78 is 5.22. The first kappa shape index (κ1) is 41.8. The van der Waals surface area contributed by atoms with E-state index < -0.39 is 62.2 Å². The van der Waals surface area contributed by atoms with Crippen LogP contribution in [0.1, 0.15) is 79.7 Å². The average molecular weight is 774 g/mol. The van der Waals surface area contributed by atoms with Gasteiger partial charge in [0.05, 0.1) is 33.7 Å². The van der Waals surface area contributed by atoms with Gasteiger partial charge in [0.1, 0.15) is 45.7 Å². The number of nitrogens with one attached hydrogen (secondary N) is 1. The number of phenols is 3. The highest BCUT2D eigenvalue weighted by molar-refractivity contribution is 6.34. The van der Waals surface area contributed by atoms with Crippen LogP contribution >= 0.6 is 23.2 Å². The summed E-state index contributed by atoms with van der Waals surface area (Å²) in [4.78, 5) is 60.2. The molecule has 16 heteroatoms. The van der Waals surface area contributed by atoms with Crippen LogP contribution in [0, 0.1) is 15.5 Å². The van der Waals surface area contributed by atoms with Gasteiger partial charge in [0.15, 0.2) is 17.3 Å². The van der Waals surface area contributed by atoms with Gasteiger partial charge in [-0.15, -0.1) is 0 Å². The van der Waals surface area contributed by atoms with Gasteiger partial charge in [-0.1, -0.05) is 37.0 Å². The van der Waals surface area contributed by atoms with Gasteiger partial charge in [-0.05, 0) is 51.0 Å². The Kier molecular flexibility index (Phi) is 13.6. The van der Waals surface area contributed by atoms with Crippen molar-refractivity contribution in [3.8, 4) is 23.0 Å². The fourth-order valence-electron chi connectivity index (χ4n) is 5.37. The number of rotatable bonds is 12. The Morgan fingerprint density at radius 3 is 2.08 bits per heavy atom. The molecule has 3 aromatic carbocycles. The van der Waals surface area contributed by atoms with Crippen LogP contribution in [0.3, 0.4) is 0 Å². The monoisotopic (exact) mass is 772 g/mol. The van der Waals surface area contributed by atoms with Crippen molar-refractivity contribution in [1.82, 2.24) is 0 Å². The molecule has 1 aliphatic carbocycles. The van der Waals surface area contributed by atoms with E-state index in [1.807, 2.05) is 0 Å². The highest BCUT2D eigenvalue weighted by Gasteiger charge is 2.44. The number of methoxy groups -OCH3 is 1. The molecule has 14 nitrogen and oxygen atoms in total. The molecular formula is C37H38Cl2N2O12. The Bertz CT molecular complexity index is 2050. The number of halogens is 2. The molecule has 0 radical (unpaired) electrons. The zero-order valence-corrected chi connectivity index (χ0v) is 30.9. The predicted molar refractivity (Wildman–Crippen MR) is 196 cm³/mol. The predicted octanol–water partition coefficient (Wildman–Crippen LogP) is 8.09. The molecule has 0 aromatic heterocycles. The van der Waals surface area contributed by atoms with Crippen LogP contribution in [0.25, 0.3) is 0 Å². The first-order chi connectivity index (χ1) is 24.8. The Labute approximate surface area is 314 Å². The maximum atomic E-state index is 13.2. The molecule has 0 saturated carbocycles. The van der Waals surface area contributed by atoms with Gasteiger partial charge >= 0.3 is 0 Å². The fourth-order valence-corrected chi connectivity index (χ4v) is 5.76. The van der Waals surface area contributed by atoms with Crippen LogP contribution in [0.15, 0.2) is 65.1 Å². The topological polar surface area (TPSA) is 234 Å². The van der Waals surface area contributed by atoms with E-state index in [2.05, 4.69) is 5.32 Å². The normalized spacial score (nSPS) is 13.6. The molecule has 3 aromatic rings. The lowest BCUT2D eigenvalue weighted by Gasteiger charge is -2.31. The first-order valence-corrected chi connectivity index (χ1v) is 16.9. The van der Waals surface area contributed by atoms with E-state index in [-0.39, 0.29) is 74.4 Å². The largest absolute Gasteiger partial charge is 0.511 e. The van der Waals surface area contributed by atoms with Gasteiger partial charge in [-0.3, -0.25) is 29.3 Å². The van der Waals surface area contributed by atoms with Gasteiger partial charge in [0.25, 0.3) is 11.6 Å².